The fourth-order valence-electron chi connectivity index (χ4n) is 3.66. The van der Waals surface area contributed by atoms with Crippen molar-refractivity contribution in [3.8, 4) is 22.0 Å². The Morgan fingerprint density at radius 2 is 2.22 bits per heavy atom. The number of nitrogens with one attached hydrogen (secondary N) is 2. The molecule has 0 aliphatic heterocycles. The number of amides is 1. The Balaban J connectivity index is 1.40. The summed E-state index contributed by atoms with van der Waals surface area (Å²) in [5.41, 5.74) is 4.23. The molecule has 0 unspecified atom stereocenters. The van der Waals surface area contributed by atoms with Crippen molar-refractivity contribution in [3.05, 3.63) is 53.6 Å². The maximum absolute atomic E-state index is 13.0. The van der Waals surface area contributed by atoms with E-state index in [2.05, 4.69) is 25.5 Å². The lowest BCUT2D eigenvalue weighted by Gasteiger charge is -2.34. The minimum atomic E-state index is -0.287. The number of carbonyl (C=O) groups is 1. The summed E-state index contributed by atoms with van der Waals surface area (Å²) in [6.07, 6.45) is 9.19. The fraction of sp³-hybridized carbons (Fsp3) is 0.318. The van der Waals surface area contributed by atoms with Crippen LogP contribution in [-0.4, -0.2) is 48.6 Å². The van der Waals surface area contributed by atoms with Gasteiger partial charge in [0, 0.05) is 36.1 Å². The monoisotopic (exact) mass is 449 g/mol. The van der Waals surface area contributed by atoms with Crippen molar-refractivity contribution in [3.63, 3.8) is 0 Å². The van der Waals surface area contributed by atoms with Gasteiger partial charge in [-0.2, -0.15) is 10.2 Å². The number of pyridine rings is 1. The molecule has 32 heavy (non-hydrogen) atoms. The Hall–Kier alpha value is -3.37. The molecular formula is C22H23N7O2S. The van der Waals surface area contributed by atoms with Crippen molar-refractivity contribution in [1.29, 1.82) is 0 Å². The molecule has 4 heterocycles. The number of aromatic nitrogens is 6. The largest absolute Gasteiger partial charge is 0.378 e. The number of hydrogen-bond donors (Lipinski definition) is 2. The molecule has 10 heteroatoms. The van der Waals surface area contributed by atoms with Crippen LogP contribution in [0.3, 0.4) is 0 Å². The van der Waals surface area contributed by atoms with E-state index < -0.39 is 0 Å². The highest BCUT2D eigenvalue weighted by Crippen LogP contribution is 2.37. The van der Waals surface area contributed by atoms with Gasteiger partial charge in [0.2, 0.25) is 0 Å². The Morgan fingerprint density at radius 1 is 1.34 bits per heavy atom. The fourth-order valence-corrected chi connectivity index (χ4v) is 4.44. The first kappa shape index (κ1) is 20.5. The highest BCUT2D eigenvalue weighted by Gasteiger charge is 2.32. The van der Waals surface area contributed by atoms with Gasteiger partial charge in [-0.3, -0.25) is 19.6 Å². The second-order valence-corrected chi connectivity index (χ2v) is 8.63. The molecule has 0 atom stereocenters. The summed E-state index contributed by atoms with van der Waals surface area (Å²) in [6.45, 7) is 4.71. The summed E-state index contributed by atoms with van der Waals surface area (Å²) in [5, 5.41) is 16.9. The lowest BCUT2D eigenvalue weighted by molar-refractivity contribution is -0.0226. The molecule has 0 spiro atoms. The zero-order chi connectivity index (χ0) is 22.1. The van der Waals surface area contributed by atoms with E-state index in [-0.39, 0.29) is 18.1 Å². The van der Waals surface area contributed by atoms with Crippen LogP contribution in [0.1, 0.15) is 41.9 Å². The summed E-state index contributed by atoms with van der Waals surface area (Å²) in [5.74, 6) is -0.287. The number of aryl methyl sites for hydroxylation is 1. The third-order valence-corrected chi connectivity index (χ3v) is 6.35. The van der Waals surface area contributed by atoms with Gasteiger partial charge in [0.25, 0.3) is 5.91 Å². The van der Waals surface area contributed by atoms with E-state index in [1.807, 2.05) is 36.9 Å². The van der Waals surface area contributed by atoms with Gasteiger partial charge in [0.05, 0.1) is 29.7 Å². The summed E-state index contributed by atoms with van der Waals surface area (Å²) >= 11 is 1.40. The van der Waals surface area contributed by atoms with Crippen LogP contribution in [0.2, 0.25) is 0 Å². The number of rotatable bonds is 7. The van der Waals surface area contributed by atoms with Crippen molar-refractivity contribution in [2.45, 2.75) is 38.8 Å². The molecule has 2 N–H and O–H groups in total. The number of aromatic amines is 1. The summed E-state index contributed by atoms with van der Waals surface area (Å²) < 4.78 is 7.60. The van der Waals surface area contributed by atoms with Crippen LogP contribution in [0.15, 0.2) is 42.3 Å². The third kappa shape index (κ3) is 4.06. The van der Waals surface area contributed by atoms with Crippen molar-refractivity contribution in [2.75, 3.05) is 11.9 Å². The van der Waals surface area contributed by atoms with Crippen LogP contribution in [0, 0.1) is 6.92 Å². The molecule has 1 aliphatic carbocycles. The lowest BCUT2D eigenvalue weighted by Crippen LogP contribution is -2.33. The number of carbonyl (C=O) groups excluding carboxylic acids is 1. The second-order valence-electron chi connectivity index (χ2n) is 7.77. The van der Waals surface area contributed by atoms with E-state index in [1.54, 1.807) is 24.0 Å². The Kier molecular flexibility index (Phi) is 5.54. The van der Waals surface area contributed by atoms with Gasteiger partial charge in [-0.15, -0.1) is 11.3 Å². The molecule has 1 aliphatic rings. The predicted octanol–water partition coefficient (Wildman–Crippen LogP) is 4.09. The van der Waals surface area contributed by atoms with Gasteiger partial charge in [0.1, 0.15) is 16.4 Å². The molecular weight excluding hydrogens is 426 g/mol. The van der Waals surface area contributed by atoms with E-state index in [9.17, 15) is 4.79 Å². The molecule has 4 aromatic rings. The first-order valence-corrected chi connectivity index (χ1v) is 11.4. The highest BCUT2D eigenvalue weighted by atomic mass is 32.1. The van der Waals surface area contributed by atoms with Crippen LogP contribution in [0.25, 0.3) is 22.0 Å². The zero-order valence-corrected chi connectivity index (χ0v) is 18.6. The summed E-state index contributed by atoms with van der Waals surface area (Å²) in [4.78, 5) is 21.9. The summed E-state index contributed by atoms with van der Waals surface area (Å²) in [6, 6.07) is 4.15. The quantitative estimate of drug-likeness (QED) is 0.440. The topological polar surface area (TPSA) is 111 Å². The Morgan fingerprint density at radius 3 is 2.94 bits per heavy atom. The van der Waals surface area contributed by atoms with Gasteiger partial charge < -0.3 is 10.1 Å². The minimum absolute atomic E-state index is 0.244. The first-order chi connectivity index (χ1) is 15.6. The summed E-state index contributed by atoms with van der Waals surface area (Å²) in [7, 11) is 0. The van der Waals surface area contributed by atoms with E-state index in [4.69, 9.17) is 9.84 Å². The van der Waals surface area contributed by atoms with E-state index in [0.29, 0.717) is 29.4 Å². The average Bonchev–Trinajstić information content (AvgIpc) is 3.51. The minimum Gasteiger partial charge on any atom is -0.378 e. The lowest BCUT2D eigenvalue weighted by atomic mass is 9.89. The van der Waals surface area contributed by atoms with Gasteiger partial charge in [-0.1, -0.05) is 6.07 Å². The van der Waals surface area contributed by atoms with E-state index in [0.717, 1.165) is 29.0 Å². The first-order valence-electron chi connectivity index (χ1n) is 10.5. The number of nitrogens with zero attached hydrogens (tertiary/aromatic N) is 5. The number of anilines is 1. The van der Waals surface area contributed by atoms with Gasteiger partial charge in [-0.25, -0.2) is 4.98 Å². The van der Waals surface area contributed by atoms with Crippen LogP contribution in [0.4, 0.5) is 5.69 Å². The molecule has 1 amide bonds. The maximum atomic E-state index is 13.0. The number of ether oxygens (including phenoxy) is 1. The standard InChI is InChI=1S/C22H23N7O2S/c1-3-31-16-6-15(7-16)29-11-18(20(28-29)17-5-4-13(2)8-23-17)26-21(30)19-12-32-22(27-19)14-9-24-25-10-14/h4-5,8-12,15-16H,3,6-7H2,1-2H3,(H,24,25)(H,26,30)/t15-,16+. The van der Waals surface area contributed by atoms with Crippen molar-refractivity contribution >= 4 is 22.9 Å². The Bertz CT molecular complexity index is 1210. The Labute approximate surface area is 188 Å². The van der Waals surface area contributed by atoms with Crippen LogP contribution in [-0.2, 0) is 4.74 Å². The predicted molar refractivity (Wildman–Crippen MR) is 122 cm³/mol. The normalized spacial score (nSPS) is 17.8. The smallest absolute Gasteiger partial charge is 0.275 e. The van der Waals surface area contributed by atoms with Crippen LogP contribution >= 0.6 is 11.3 Å². The number of thiazole rings is 1. The van der Waals surface area contributed by atoms with Gasteiger partial charge >= 0.3 is 0 Å². The average molecular weight is 450 g/mol. The molecule has 5 rings (SSSR count). The zero-order valence-electron chi connectivity index (χ0n) is 17.8. The molecule has 9 nitrogen and oxygen atoms in total. The van der Waals surface area contributed by atoms with E-state index in [1.165, 1.54) is 11.3 Å². The van der Waals surface area contributed by atoms with Crippen molar-refractivity contribution < 1.29 is 9.53 Å². The molecule has 1 saturated carbocycles. The molecule has 164 valence electrons. The molecule has 0 saturated heterocycles. The van der Waals surface area contributed by atoms with Gasteiger partial charge in [-0.05, 0) is 38.3 Å². The van der Waals surface area contributed by atoms with Gasteiger partial charge in [0.15, 0.2) is 0 Å². The second kappa shape index (κ2) is 8.64. The molecule has 4 aromatic heterocycles. The maximum Gasteiger partial charge on any atom is 0.275 e. The molecule has 0 bridgehead atoms. The molecule has 0 radical (unpaired) electrons. The van der Waals surface area contributed by atoms with Crippen LogP contribution in [0.5, 0.6) is 0 Å². The number of hydrogen-bond acceptors (Lipinski definition) is 7. The van der Waals surface area contributed by atoms with Crippen LogP contribution < -0.4 is 5.32 Å². The van der Waals surface area contributed by atoms with Crippen molar-refractivity contribution in [2.24, 2.45) is 0 Å². The molecule has 1 fully saturated rings. The molecule has 0 aromatic carbocycles. The van der Waals surface area contributed by atoms with Crippen molar-refractivity contribution in [1.82, 2.24) is 29.9 Å². The third-order valence-electron chi connectivity index (χ3n) is 5.46. The van der Waals surface area contributed by atoms with E-state index >= 15 is 0 Å². The number of H-pyrrole nitrogens is 1. The highest BCUT2D eigenvalue weighted by molar-refractivity contribution is 7.13. The SMILES string of the molecule is CCO[C@H]1C[C@@H](n2cc(NC(=O)c3csc(-c4cn[nH]c4)n3)c(-c3ccc(C)cn3)n2)C1.